The second-order valence-electron chi connectivity index (χ2n) is 8.02. The number of nitrogens with zero attached hydrogens (tertiary/aromatic N) is 3. The van der Waals surface area contributed by atoms with Crippen LogP contribution in [-0.2, 0) is 0 Å². The molecule has 3 rings (SSSR count). The molecule has 0 saturated carbocycles. The zero-order chi connectivity index (χ0) is 22.9. The second-order valence-corrected chi connectivity index (χ2v) is 8.02. The maximum atomic E-state index is 12.9. The summed E-state index contributed by atoms with van der Waals surface area (Å²) in [6.45, 7) is 1.66. The highest BCUT2D eigenvalue weighted by Crippen LogP contribution is 2.31. The number of hydrogen-bond acceptors (Lipinski definition) is 5. The molecule has 0 saturated heterocycles. The van der Waals surface area contributed by atoms with Crippen molar-refractivity contribution in [2.75, 3.05) is 51.1 Å². The van der Waals surface area contributed by atoms with Gasteiger partial charge in [0.1, 0.15) is 0 Å². The first-order chi connectivity index (χ1) is 15.5. The number of benzene rings is 2. The Labute approximate surface area is 189 Å². The zero-order valence-corrected chi connectivity index (χ0v) is 18.9. The summed E-state index contributed by atoms with van der Waals surface area (Å²) in [5.74, 6) is 0. The van der Waals surface area contributed by atoms with Gasteiger partial charge in [0.25, 0.3) is 0 Å². The van der Waals surface area contributed by atoms with E-state index in [2.05, 4.69) is 36.7 Å². The predicted molar refractivity (Wildman–Crippen MR) is 129 cm³/mol. The first kappa shape index (κ1) is 23.3. The topological polar surface area (TPSA) is 96.5 Å². The van der Waals surface area contributed by atoms with E-state index in [1.54, 1.807) is 6.20 Å². The fraction of sp³-hybridized carbons (Fsp3) is 0.333. The Balaban J connectivity index is 1.81. The fourth-order valence-corrected chi connectivity index (χ4v) is 3.47. The number of urea groups is 1. The van der Waals surface area contributed by atoms with Gasteiger partial charge >= 0.3 is 6.03 Å². The third-order valence-corrected chi connectivity index (χ3v) is 5.30. The number of nitrogens with one attached hydrogen (secondary N) is 3. The van der Waals surface area contributed by atoms with Crippen molar-refractivity contribution in [2.45, 2.75) is 12.5 Å². The highest BCUT2D eigenvalue weighted by molar-refractivity contribution is 5.94. The number of likely N-dealkylation sites (N-methyl/N-ethyl adjacent to an activating group) is 2. The number of H-pyrrole nitrogens is 1. The molecule has 0 aliphatic rings. The number of aliphatic hydroxyl groups excluding tert-OH is 1. The normalized spacial score (nSPS) is 11.9. The van der Waals surface area contributed by atoms with Gasteiger partial charge in [-0.15, -0.1) is 0 Å². The van der Waals surface area contributed by atoms with Crippen molar-refractivity contribution in [1.82, 2.24) is 20.4 Å². The molecule has 3 aromatic rings. The number of carbonyl (C=O) groups excluding carboxylic acids is 1. The van der Waals surface area contributed by atoms with Crippen molar-refractivity contribution < 1.29 is 9.90 Å². The lowest BCUT2D eigenvalue weighted by Gasteiger charge is -2.25. The third-order valence-electron chi connectivity index (χ3n) is 5.30. The Kier molecular flexibility index (Phi) is 8.24. The first-order valence-corrected chi connectivity index (χ1v) is 10.7. The average molecular weight is 437 g/mol. The predicted octanol–water partition coefficient (Wildman–Crippen LogP) is 3.32. The number of carbonyl (C=O) groups is 1. The summed E-state index contributed by atoms with van der Waals surface area (Å²) < 4.78 is 0. The van der Waals surface area contributed by atoms with Crippen LogP contribution in [0.15, 0.2) is 60.9 Å². The molecular weight excluding hydrogens is 404 g/mol. The van der Waals surface area contributed by atoms with Crippen LogP contribution in [0, 0.1) is 0 Å². The van der Waals surface area contributed by atoms with E-state index in [4.69, 9.17) is 0 Å². The number of aromatic amines is 1. The van der Waals surface area contributed by atoms with Crippen LogP contribution >= 0.6 is 0 Å². The van der Waals surface area contributed by atoms with E-state index in [9.17, 15) is 9.90 Å². The van der Waals surface area contributed by atoms with E-state index >= 15 is 0 Å². The van der Waals surface area contributed by atoms with Gasteiger partial charge in [0.15, 0.2) is 0 Å². The smallest absolute Gasteiger partial charge is 0.319 e. The highest BCUT2D eigenvalue weighted by atomic mass is 16.3. The first-order valence-electron chi connectivity index (χ1n) is 10.7. The van der Waals surface area contributed by atoms with Gasteiger partial charge in [-0.05, 0) is 43.8 Å². The molecule has 0 bridgehead atoms. The van der Waals surface area contributed by atoms with E-state index in [1.165, 1.54) is 0 Å². The van der Waals surface area contributed by atoms with Gasteiger partial charge < -0.3 is 25.5 Å². The van der Waals surface area contributed by atoms with E-state index in [-0.39, 0.29) is 18.7 Å². The lowest BCUT2D eigenvalue weighted by atomic mass is 10.0. The van der Waals surface area contributed by atoms with Crippen molar-refractivity contribution in [3.8, 4) is 11.1 Å². The maximum absolute atomic E-state index is 12.9. The molecule has 0 spiro atoms. The van der Waals surface area contributed by atoms with Crippen LogP contribution < -0.4 is 15.5 Å². The number of aromatic nitrogens is 2. The average Bonchev–Trinajstić information content (AvgIpc) is 3.33. The molecule has 8 heteroatoms. The molecular formula is C24H32N6O2. The second kappa shape index (κ2) is 11.3. The molecule has 170 valence electrons. The SMILES string of the molecule is CN(C)CCN(C)c1cc(-c2cn[nH]c2)ccc1NC(=O)NC(CCO)c1ccccc1. The number of aliphatic hydroxyl groups is 1. The lowest BCUT2D eigenvalue weighted by Crippen LogP contribution is -2.34. The van der Waals surface area contributed by atoms with Crippen LogP contribution in [0.3, 0.4) is 0 Å². The van der Waals surface area contributed by atoms with Gasteiger partial charge in [0.05, 0.1) is 23.6 Å². The van der Waals surface area contributed by atoms with Crippen LogP contribution in [0.1, 0.15) is 18.0 Å². The van der Waals surface area contributed by atoms with Crippen LogP contribution in [0.25, 0.3) is 11.1 Å². The Hall–Kier alpha value is -3.36. The zero-order valence-electron chi connectivity index (χ0n) is 18.9. The van der Waals surface area contributed by atoms with E-state index in [1.807, 2.05) is 69.8 Å². The van der Waals surface area contributed by atoms with E-state index < -0.39 is 0 Å². The summed E-state index contributed by atoms with van der Waals surface area (Å²) in [5, 5.41) is 22.3. The van der Waals surface area contributed by atoms with Gasteiger partial charge in [-0.3, -0.25) is 5.10 Å². The molecule has 32 heavy (non-hydrogen) atoms. The largest absolute Gasteiger partial charge is 0.396 e. The highest BCUT2D eigenvalue weighted by Gasteiger charge is 2.17. The molecule has 2 aromatic carbocycles. The Morgan fingerprint density at radius 3 is 2.53 bits per heavy atom. The number of anilines is 2. The summed E-state index contributed by atoms with van der Waals surface area (Å²) >= 11 is 0. The molecule has 0 radical (unpaired) electrons. The third kappa shape index (κ3) is 6.32. The lowest BCUT2D eigenvalue weighted by molar-refractivity contribution is 0.239. The summed E-state index contributed by atoms with van der Waals surface area (Å²) in [6, 6.07) is 15.0. The van der Waals surface area contributed by atoms with Crippen molar-refractivity contribution in [3.63, 3.8) is 0 Å². The van der Waals surface area contributed by atoms with Gasteiger partial charge in [0.2, 0.25) is 0 Å². The maximum Gasteiger partial charge on any atom is 0.319 e. The number of amides is 2. The number of rotatable bonds is 10. The Bertz CT molecular complexity index is 975. The van der Waals surface area contributed by atoms with Crippen LogP contribution in [-0.4, -0.2) is 67.1 Å². The molecule has 1 unspecified atom stereocenters. The molecule has 2 amide bonds. The molecule has 4 N–H and O–H groups in total. The van der Waals surface area contributed by atoms with E-state index in [0.717, 1.165) is 35.5 Å². The Morgan fingerprint density at radius 2 is 1.88 bits per heavy atom. The number of hydrogen-bond donors (Lipinski definition) is 4. The molecule has 0 fully saturated rings. The van der Waals surface area contributed by atoms with Gasteiger partial charge in [-0.2, -0.15) is 5.10 Å². The molecule has 0 aliphatic heterocycles. The van der Waals surface area contributed by atoms with Crippen molar-refractivity contribution in [2.24, 2.45) is 0 Å². The molecule has 1 atom stereocenters. The minimum absolute atomic E-state index is 0.0161. The summed E-state index contributed by atoms with van der Waals surface area (Å²) in [6.07, 6.45) is 4.06. The summed E-state index contributed by atoms with van der Waals surface area (Å²) in [4.78, 5) is 17.1. The minimum Gasteiger partial charge on any atom is -0.396 e. The van der Waals surface area contributed by atoms with E-state index in [0.29, 0.717) is 12.1 Å². The summed E-state index contributed by atoms with van der Waals surface area (Å²) in [5.41, 5.74) is 4.58. The van der Waals surface area contributed by atoms with Crippen molar-refractivity contribution in [1.29, 1.82) is 0 Å². The molecule has 1 heterocycles. The monoisotopic (exact) mass is 436 g/mol. The van der Waals surface area contributed by atoms with Crippen LogP contribution in [0.4, 0.5) is 16.2 Å². The van der Waals surface area contributed by atoms with Crippen LogP contribution in [0.2, 0.25) is 0 Å². The van der Waals surface area contributed by atoms with Crippen molar-refractivity contribution in [3.05, 3.63) is 66.5 Å². The Morgan fingerprint density at radius 1 is 1.09 bits per heavy atom. The fourth-order valence-electron chi connectivity index (χ4n) is 3.47. The van der Waals surface area contributed by atoms with Gasteiger partial charge in [0, 0.05) is 38.5 Å². The molecule has 0 aliphatic carbocycles. The van der Waals surface area contributed by atoms with Gasteiger partial charge in [-0.25, -0.2) is 4.79 Å². The molecule has 1 aromatic heterocycles. The quantitative estimate of drug-likeness (QED) is 0.391. The minimum atomic E-state index is -0.314. The summed E-state index contributed by atoms with van der Waals surface area (Å²) in [7, 11) is 6.08. The van der Waals surface area contributed by atoms with Crippen LogP contribution in [0.5, 0.6) is 0 Å². The standard InChI is InChI=1S/C24H32N6O2/c1-29(2)12-13-30(3)23-15-19(20-16-25-26-17-20)9-10-22(23)28-24(32)27-21(11-14-31)18-7-5-4-6-8-18/h4-10,15-17,21,31H,11-14H2,1-3H3,(H,25,26)(H2,27,28,32). The van der Waals surface area contributed by atoms with Gasteiger partial charge in [-0.1, -0.05) is 36.4 Å². The van der Waals surface area contributed by atoms with Crippen molar-refractivity contribution >= 4 is 17.4 Å². The molecule has 8 nitrogen and oxygen atoms in total.